The third-order valence-corrected chi connectivity index (χ3v) is 3.91. The first-order valence-corrected chi connectivity index (χ1v) is 7.79. The fourth-order valence-corrected chi connectivity index (χ4v) is 2.56. The van der Waals surface area contributed by atoms with Crippen LogP contribution in [0.1, 0.15) is 31.0 Å². The molecule has 2 rings (SSSR count). The third-order valence-electron chi connectivity index (χ3n) is 3.67. The molecule has 0 aromatic heterocycles. The van der Waals surface area contributed by atoms with Gasteiger partial charge < -0.3 is 10.6 Å². The lowest BCUT2D eigenvalue weighted by atomic mass is 10.1. The quantitative estimate of drug-likeness (QED) is 0.886. The van der Waals surface area contributed by atoms with Crippen LogP contribution in [-0.2, 0) is 4.79 Å². The lowest BCUT2D eigenvalue weighted by molar-refractivity contribution is -0.709. The lowest BCUT2D eigenvalue weighted by Crippen LogP contribution is -2.91. The van der Waals surface area contributed by atoms with Crippen molar-refractivity contribution in [2.45, 2.75) is 25.9 Å². The summed E-state index contributed by atoms with van der Waals surface area (Å²) < 4.78 is 0. The molecule has 3 N–H and O–H groups in total. The Kier molecular flexibility index (Phi) is 5.75. The topological polar surface area (TPSA) is 69.5 Å². The van der Waals surface area contributed by atoms with Gasteiger partial charge in [-0.1, -0.05) is 35.9 Å². The molecule has 2 atom stereocenters. The van der Waals surface area contributed by atoms with Gasteiger partial charge in [0.25, 0.3) is 5.91 Å². The molecule has 4 nitrogen and oxygen atoms in total. The molecule has 23 heavy (non-hydrogen) atoms. The fourth-order valence-electron chi connectivity index (χ4n) is 2.36. The van der Waals surface area contributed by atoms with Crippen LogP contribution < -0.4 is 10.6 Å². The number of nitrogens with two attached hydrogens (primary N) is 1. The highest BCUT2D eigenvalue weighted by Crippen LogP contribution is 2.16. The lowest BCUT2D eigenvalue weighted by Gasteiger charge is -2.17. The molecule has 118 valence electrons. The summed E-state index contributed by atoms with van der Waals surface area (Å²) in [5, 5.41) is 14.5. The van der Waals surface area contributed by atoms with Gasteiger partial charge in [0.15, 0.2) is 6.04 Å². The second-order valence-corrected chi connectivity index (χ2v) is 5.91. The minimum Gasteiger partial charge on any atom is -0.330 e. The summed E-state index contributed by atoms with van der Waals surface area (Å²) in [4.78, 5) is 12.3. The number of carbonyl (C=O) groups is 1. The number of halogens is 1. The Morgan fingerprint density at radius 2 is 1.96 bits per heavy atom. The molecule has 0 radical (unpaired) electrons. The number of benzene rings is 2. The number of nitriles is 1. The summed E-state index contributed by atoms with van der Waals surface area (Å²) in [6, 6.07) is 16.5. The molecule has 2 aromatic rings. The Balaban J connectivity index is 2.01. The minimum absolute atomic E-state index is 0.0978. The first-order chi connectivity index (χ1) is 11.0. The summed E-state index contributed by atoms with van der Waals surface area (Å²) in [7, 11) is 0. The van der Waals surface area contributed by atoms with E-state index in [9.17, 15) is 4.79 Å². The number of para-hydroxylation sites is 1. The molecule has 0 bridgehead atoms. The Hall–Kier alpha value is -2.35. The van der Waals surface area contributed by atoms with E-state index in [-0.39, 0.29) is 18.0 Å². The highest BCUT2D eigenvalue weighted by molar-refractivity contribution is 6.30. The SMILES string of the molecule is C[C@H]([NH2+][C@H](C)c1cccc(Cl)c1)C(=O)Nc1ccccc1C#N. The highest BCUT2D eigenvalue weighted by atomic mass is 35.5. The number of quaternary nitrogens is 1. The molecule has 0 aliphatic heterocycles. The molecule has 0 heterocycles. The van der Waals surface area contributed by atoms with Crippen LogP contribution in [0.15, 0.2) is 48.5 Å². The molecule has 0 aliphatic rings. The number of hydrogen-bond acceptors (Lipinski definition) is 2. The normalized spacial score (nSPS) is 13.0. The smallest absolute Gasteiger partial charge is 0.282 e. The fraction of sp³-hybridized carbons (Fsp3) is 0.222. The number of amides is 1. The first kappa shape index (κ1) is 17.0. The van der Waals surface area contributed by atoms with Crippen molar-refractivity contribution in [3.63, 3.8) is 0 Å². The predicted molar refractivity (Wildman–Crippen MR) is 91.0 cm³/mol. The van der Waals surface area contributed by atoms with Crippen molar-refractivity contribution in [1.82, 2.24) is 0 Å². The summed E-state index contributed by atoms with van der Waals surface area (Å²) >= 11 is 6.00. The van der Waals surface area contributed by atoms with E-state index < -0.39 is 0 Å². The number of carbonyl (C=O) groups excluding carboxylic acids is 1. The van der Waals surface area contributed by atoms with Crippen molar-refractivity contribution in [1.29, 1.82) is 5.26 Å². The number of anilines is 1. The van der Waals surface area contributed by atoms with E-state index in [2.05, 4.69) is 11.4 Å². The number of nitrogens with one attached hydrogen (secondary N) is 1. The summed E-state index contributed by atoms with van der Waals surface area (Å²) in [5.74, 6) is -0.137. The Labute approximate surface area is 141 Å². The van der Waals surface area contributed by atoms with E-state index in [0.29, 0.717) is 16.3 Å². The molecule has 0 saturated carbocycles. The van der Waals surface area contributed by atoms with Crippen molar-refractivity contribution >= 4 is 23.2 Å². The van der Waals surface area contributed by atoms with Gasteiger partial charge in [-0.15, -0.1) is 0 Å². The average Bonchev–Trinajstić information content (AvgIpc) is 2.55. The Morgan fingerprint density at radius 1 is 1.22 bits per heavy atom. The van der Waals surface area contributed by atoms with Crippen LogP contribution >= 0.6 is 11.6 Å². The van der Waals surface area contributed by atoms with Gasteiger partial charge in [0.2, 0.25) is 0 Å². The van der Waals surface area contributed by atoms with Crippen LogP contribution in [0.2, 0.25) is 5.02 Å². The average molecular weight is 329 g/mol. The number of rotatable bonds is 5. The molecule has 5 heteroatoms. The van der Waals surface area contributed by atoms with Gasteiger partial charge in [-0.05, 0) is 38.1 Å². The molecule has 0 fully saturated rings. The third kappa shape index (κ3) is 4.56. The van der Waals surface area contributed by atoms with Crippen molar-refractivity contribution in [2.75, 3.05) is 5.32 Å². The van der Waals surface area contributed by atoms with Gasteiger partial charge in [-0.2, -0.15) is 5.26 Å². The largest absolute Gasteiger partial charge is 0.330 e. The predicted octanol–water partition coefficient (Wildman–Crippen LogP) is 2.86. The summed E-state index contributed by atoms with van der Waals surface area (Å²) in [5.41, 5.74) is 2.06. The van der Waals surface area contributed by atoms with Gasteiger partial charge >= 0.3 is 0 Å². The van der Waals surface area contributed by atoms with E-state index in [1.165, 1.54) is 0 Å². The highest BCUT2D eigenvalue weighted by Gasteiger charge is 2.21. The Bertz CT molecular complexity index is 739. The zero-order valence-corrected chi connectivity index (χ0v) is 13.8. The Morgan fingerprint density at radius 3 is 2.65 bits per heavy atom. The molecule has 0 spiro atoms. The molecule has 0 unspecified atom stereocenters. The van der Waals surface area contributed by atoms with E-state index >= 15 is 0 Å². The molecular weight excluding hydrogens is 310 g/mol. The van der Waals surface area contributed by atoms with Crippen LogP contribution in [0.3, 0.4) is 0 Å². The van der Waals surface area contributed by atoms with Crippen LogP contribution in [-0.4, -0.2) is 11.9 Å². The second-order valence-electron chi connectivity index (χ2n) is 5.47. The van der Waals surface area contributed by atoms with Crippen LogP contribution in [0, 0.1) is 11.3 Å². The van der Waals surface area contributed by atoms with Gasteiger partial charge in [0, 0.05) is 10.6 Å². The zero-order chi connectivity index (χ0) is 16.8. The van der Waals surface area contributed by atoms with E-state index in [0.717, 1.165) is 5.56 Å². The van der Waals surface area contributed by atoms with E-state index in [1.54, 1.807) is 24.3 Å². The van der Waals surface area contributed by atoms with Gasteiger partial charge in [-0.25, -0.2) is 0 Å². The number of nitrogens with zero attached hydrogens (tertiary/aromatic N) is 1. The maximum absolute atomic E-state index is 12.3. The molecule has 1 amide bonds. The number of hydrogen-bond donors (Lipinski definition) is 2. The van der Waals surface area contributed by atoms with E-state index in [1.807, 2.05) is 43.4 Å². The molecule has 0 aliphatic carbocycles. The molecule has 0 saturated heterocycles. The maximum atomic E-state index is 12.3. The van der Waals surface area contributed by atoms with Crippen LogP contribution in [0.5, 0.6) is 0 Å². The van der Waals surface area contributed by atoms with Gasteiger partial charge in [-0.3, -0.25) is 4.79 Å². The van der Waals surface area contributed by atoms with Crippen molar-refractivity contribution in [3.05, 3.63) is 64.7 Å². The minimum atomic E-state index is -0.296. The van der Waals surface area contributed by atoms with Crippen molar-refractivity contribution in [2.24, 2.45) is 0 Å². The monoisotopic (exact) mass is 328 g/mol. The van der Waals surface area contributed by atoms with Crippen molar-refractivity contribution < 1.29 is 10.1 Å². The maximum Gasteiger partial charge on any atom is 0.282 e. The summed E-state index contributed by atoms with van der Waals surface area (Å²) in [6.45, 7) is 3.87. The second kappa shape index (κ2) is 7.77. The molecule has 2 aromatic carbocycles. The first-order valence-electron chi connectivity index (χ1n) is 7.41. The summed E-state index contributed by atoms with van der Waals surface area (Å²) in [6.07, 6.45) is 0. The molecular formula is C18H19ClN3O+. The van der Waals surface area contributed by atoms with E-state index in [4.69, 9.17) is 16.9 Å². The van der Waals surface area contributed by atoms with Crippen LogP contribution in [0.25, 0.3) is 0 Å². The van der Waals surface area contributed by atoms with Gasteiger partial charge in [0.1, 0.15) is 12.1 Å². The van der Waals surface area contributed by atoms with Crippen molar-refractivity contribution in [3.8, 4) is 6.07 Å². The standard InChI is InChI=1S/C18H18ClN3O/c1-12(14-7-5-8-16(19)10-14)21-13(2)18(23)22-17-9-4-3-6-15(17)11-20/h3-10,12-13,21H,1-2H3,(H,22,23)/p+1/t12-,13+/m1/s1. The van der Waals surface area contributed by atoms with Gasteiger partial charge in [0.05, 0.1) is 11.3 Å². The van der Waals surface area contributed by atoms with Crippen LogP contribution in [0.4, 0.5) is 5.69 Å². The zero-order valence-electron chi connectivity index (χ0n) is 13.1.